The summed E-state index contributed by atoms with van der Waals surface area (Å²) in [6.07, 6.45) is 0. The average molecular weight is 265 g/mol. The molecule has 1 heterocycles. The fourth-order valence-corrected chi connectivity index (χ4v) is 2.30. The first kappa shape index (κ1) is 10.5. The predicted octanol–water partition coefficient (Wildman–Crippen LogP) is 4.50. The molecule has 1 atom stereocenters. The van der Waals surface area contributed by atoms with E-state index in [0.29, 0.717) is 5.92 Å². The van der Waals surface area contributed by atoms with Crippen LogP contribution in [0.3, 0.4) is 0 Å². The van der Waals surface area contributed by atoms with E-state index in [2.05, 4.69) is 54.0 Å². The van der Waals surface area contributed by atoms with Crippen molar-refractivity contribution >= 4 is 15.9 Å². The molecular formula is C13H13BrO. The van der Waals surface area contributed by atoms with Gasteiger partial charge >= 0.3 is 0 Å². The molecule has 0 spiro atoms. The quantitative estimate of drug-likeness (QED) is 0.779. The van der Waals surface area contributed by atoms with Crippen LogP contribution in [0.1, 0.15) is 29.7 Å². The highest BCUT2D eigenvalue weighted by Gasteiger charge is 2.15. The predicted molar refractivity (Wildman–Crippen MR) is 65.1 cm³/mol. The van der Waals surface area contributed by atoms with E-state index >= 15 is 0 Å². The minimum Gasteiger partial charge on any atom is -0.453 e. The molecule has 1 aromatic heterocycles. The molecule has 0 aliphatic rings. The largest absolute Gasteiger partial charge is 0.453 e. The lowest BCUT2D eigenvalue weighted by Crippen LogP contribution is -1.95. The van der Waals surface area contributed by atoms with E-state index in [1.807, 2.05) is 12.1 Å². The molecule has 0 bridgehead atoms. The smallest absolute Gasteiger partial charge is 0.169 e. The van der Waals surface area contributed by atoms with Gasteiger partial charge in [-0.3, -0.25) is 0 Å². The summed E-state index contributed by atoms with van der Waals surface area (Å²) in [4.78, 5) is 0. The lowest BCUT2D eigenvalue weighted by Gasteiger charge is -2.09. The molecule has 78 valence electrons. The molecule has 2 heteroatoms. The number of hydrogen-bond acceptors (Lipinski definition) is 1. The van der Waals surface area contributed by atoms with Gasteiger partial charge in [0.15, 0.2) is 4.67 Å². The standard InChI is InChI=1S/C13H13BrO/c1-9-8-12(14)15-13(9)10(2)11-6-4-3-5-7-11/h3-8,10H,1-2H3. The maximum absolute atomic E-state index is 5.65. The fraction of sp³-hybridized carbons (Fsp3) is 0.231. The van der Waals surface area contributed by atoms with Crippen LogP contribution in [0.25, 0.3) is 0 Å². The van der Waals surface area contributed by atoms with Crippen LogP contribution in [-0.2, 0) is 0 Å². The zero-order valence-corrected chi connectivity index (χ0v) is 10.4. The third-order valence-electron chi connectivity index (χ3n) is 2.62. The van der Waals surface area contributed by atoms with Gasteiger partial charge in [0.25, 0.3) is 0 Å². The van der Waals surface area contributed by atoms with Crippen molar-refractivity contribution in [1.29, 1.82) is 0 Å². The van der Waals surface area contributed by atoms with E-state index in [0.717, 1.165) is 10.4 Å². The average Bonchev–Trinajstić information content (AvgIpc) is 2.58. The van der Waals surface area contributed by atoms with Crippen LogP contribution in [-0.4, -0.2) is 0 Å². The summed E-state index contributed by atoms with van der Waals surface area (Å²) in [6.45, 7) is 4.23. The monoisotopic (exact) mass is 264 g/mol. The van der Waals surface area contributed by atoms with E-state index in [9.17, 15) is 0 Å². The lowest BCUT2D eigenvalue weighted by atomic mass is 9.97. The molecule has 0 radical (unpaired) electrons. The van der Waals surface area contributed by atoms with Crippen molar-refractivity contribution in [2.45, 2.75) is 19.8 Å². The Balaban J connectivity index is 2.36. The fourth-order valence-electron chi connectivity index (χ4n) is 1.78. The van der Waals surface area contributed by atoms with Crippen molar-refractivity contribution in [2.75, 3.05) is 0 Å². The Morgan fingerprint density at radius 2 is 1.87 bits per heavy atom. The molecule has 2 rings (SSSR count). The van der Waals surface area contributed by atoms with Crippen LogP contribution < -0.4 is 0 Å². The maximum atomic E-state index is 5.65. The van der Waals surface area contributed by atoms with Gasteiger partial charge in [0.1, 0.15) is 5.76 Å². The molecule has 15 heavy (non-hydrogen) atoms. The Hall–Kier alpha value is -1.02. The second-order valence-electron chi connectivity index (χ2n) is 3.73. The molecule has 1 unspecified atom stereocenters. The highest BCUT2D eigenvalue weighted by molar-refractivity contribution is 9.10. The first-order chi connectivity index (χ1) is 7.18. The topological polar surface area (TPSA) is 13.1 Å². The highest BCUT2D eigenvalue weighted by atomic mass is 79.9. The lowest BCUT2D eigenvalue weighted by molar-refractivity contribution is 0.473. The first-order valence-corrected chi connectivity index (χ1v) is 5.78. The van der Waals surface area contributed by atoms with E-state index in [1.165, 1.54) is 11.1 Å². The summed E-state index contributed by atoms with van der Waals surface area (Å²) in [5.74, 6) is 1.34. The normalized spacial score (nSPS) is 12.7. The van der Waals surface area contributed by atoms with Gasteiger partial charge in [0, 0.05) is 5.92 Å². The van der Waals surface area contributed by atoms with E-state index in [1.54, 1.807) is 0 Å². The van der Waals surface area contributed by atoms with E-state index in [4.69, 9.17) is 4.42 Å². The van der Waals surface area contributed by atoms with Crippen LogP contribution in [0.5, 0.6) is 0 Å². The van der Waals surface area contributed by atoms with Gasteiger partial charge in [-0.1, -0.05) is 37.3 Å². The van der Waals surface area contributed by atoms with Crippen LogP contribution in [0.4, 0.5) is 0 Å². The Morgan fingerprint density at radius 1 is 1.20 bits per heavy atom. The van der Waals surface area contributed by atoms with Crippen LogP contribution >= 0.6 is 15.9 Å². The van der Waals surface area contributed by atoms with Crippen molar-refractivity contribution < 1.29 is 4.42 Å². The molecule has 0 amide bonds. The van der Waals surface area contributed by atoms with Crippen molar-refractivity contribution in [2.24, 2.45) is 0 Å². The van der Waals surface area contributed by atoms with Crippen LogP contribution in [0, 0.1) is 6.92 Å². The zero-order valence-electron chi connectivity index (χ0n) is 8.83. The maximum Gasteiger partial charge on any atom is 0.169 e. The van der Waals surface area contributed by atoms with Crippen LogP contribution in [0.15, 0.2) is 45.5 Å². The molecule has 0 fully saturated rings. The Labute approximate surface area is 98.2 Å². The summed E-state index contributed by atoms with van der Waals surface area (Å²) >= 11 is 3.36. The summed E-state index contributed by atoms with van der Waals surface area (Å²) < 4.78 is 6.45. The van der Waals surface area contributed by atoms with Crippen LogP contribution in [0.2, 0.25) is 0 Å². The molecule has 0 saturated heterocycles. The summed E-state index contributed by atoms with van der Waals surface area (Å²) in [5, 5.41) is 0. The van der Waals surface area contributed by atoms with Gasteiger partial charge in [-0.2, -0.15) is 0 Å². The minimum atomic E-state index is 0.303. The van der Waals surface area contributed by atoms with Gasteiger partial charge in [-0.05, 0) is 40.0 Å². The zero-order chi connectivity index (χ0) is 10.8. The molecule has 1 aromatic carbocycles. The molecular weight excluding hydrogens is 252 g/mol. The van der Waals surface area contributed by atoms with Crippen molar-refractivity contribution in [1.82, 2.24) is 0 Å². The van der Waals surface area contributed by atoms with Crippen molar-refractivity contribution in [3.8, 4) is 0 Å². The number of furan rings is 1. The summed E-state index contributed by atoms with van der Waals surface area (Å²) in [5.41, 5.74) is 2.47. The van der Waals surface area contributed by atoms with Crippen molar-refractivity contribution in [3.63, 3.8) is 0 Å². The van der Waals surface area contributed by atoms with E-state index < -0.39 is 0 Å². The molecule has 0 saturated carbocycles. The van der Waals surface area contributed by atoms with Gasteiger partial charge in [0.2, 0.25) is 0 Å². The third-order valence-corrected chi connectivity index (χ3v) is 3.01. The second-order valence-corrected chi connectivity index (χ2v) is 4.51. The van der Waals surface area contributed by atoms with Crippen molar-refractivity contribution in [3.05, 3.63) is 58.0 Å². The van der Waals surface area contributed by atoms with Gasteiger partial charge in [-0.25, -0.2) is 0 Å². The number of hydrogen-bond donors (Lipinski definition) is 0. The molecule has 0 aliphatic carbocycles. The Bertz CT molecular complexity index is 445. The Morgan fingerprint density at radius 3 is 2.40 bits per heavy atom. The number of benzene rings is 1. The minimum absolute atomic E-state index is 0.303. The first-order valence-electron chi connectivity index (χ1n) is 4.99. The van der Waals surface area contributed by atoms with Gasteiger partial charge in [0.05, 0.1) is 0 Å². The second kappa shape index (κ2) is 4.23. The number of rotatable bonds is 2. The van der Waals surface area contributed by atoms with E-state index in [-0.39, 0.29) is 0 Å². The molecule has 0 aliphatic heterocycles. The molecule has 1 nitrogen and oxygen atoms in total. The molecule has 2 aromatic rings. The summed E-state index contributed by atoms with van der Waals surface area (Å²) in [6, 6.07) is 12.4. The SMILES string of the molecule is Cc1cc(Br)oc1C(C)c1ccccc1. The van der Waals surface area contributed by atoms with Gasteiger partial charge in [-0.15, -0.1) is 0 Å². The Kier molecular flexibility index (Phi) is 2.96. The molecule has 0 N–H and O–H groups in total. The number of aryl methyl sites for hydroxylation is 1. The van der Waals surface area contributed by atoms with Gasteiger partial charge < -0.3 is 4.42 Å². The third kappa shape index (κ3) is 2.15. The summed E-state index contributed by atoms with van der Waals surface area (Å²) in [7, 11) is 0. The highest BCUT2D eigenvalue weighted by Crippen LogP contribution is 2.30. The number of halogens is 1.